The molecule has 3 nitrogen and oxygen atoms in total. The Kier molecular flexibility index (Phi) is 6.88. The van der Waals surface area contributed by atoms with E-state index in [1.165, 1.54) is 28.2 Å². The van der Waals surface area contributed by atoms with Gasteiger partial charge in [-0.05, 0) is 48.1 Å². The van der Waals surface area contributed by atoms with Gasteiger partial charge in [-0.15, -0.1) is 11.3 Å². The van der Waals surface area contributed by atoms with Crippen LogP contribution in [-0.4, -0.2) is 21.9 Å². The largest absolute Gasteiger partial charge is 0.345 e. The molecule has 3 rings (SSSR count). The highest BCUT2D eigenvalue weighted by molar-refractivity contribution is 7.12. The first-order valence-corrected chi connectivity index (χ1v) is 10.6. The molecular formula is C23H28N2OS. The number of aryl methyl sites for hydroxylation is 1. The molecule has 3 aromatic rings. The highest BCUT2D eigenvalue weighted by Gasteiger charge is 2.18. The molecule has 0 radical (unpaired) electrons. The molecule has 0 unspecified atom stereocenters. The molecular weight excluding hydrogens is 352 g/mol. The first kappa shape index (κ1) is 19.4. The second-order valence-electron chi connectivity index (χ2n) is 6.97. The fraction of sp³-hybridized carbons (Fsp3) is 0.348. The summed E-state index contributed by atoms with van der Waals surface area (Å²) < 4.78 is 2.26. The number of nitrogens with zero attached hydrogens (tertiary/aromatic N) is 2. The lowest BCUT2D eigenvalue weighted by Gasteiger charge is -2.23. The minimum atomic E-state index is 0.143. The van der Waals surface area contributed by atoms with Gasteiger partial charge in [0.2, 0.25) is 0 Å². The Morgan fingerprint density at radius 1 is 1.07 bits per heavy atom. The summed E-state index contributed by atoms with van der Waals surface area (Å²) in [7, 11) is 0. The van der Waals surface area contributed by atoms with Crippen molar-refractivity contribution < 1.29 is 4.79 Å². The molecule has 142 valence electrons. The number of benzene rings is 1. The molecule has 0 fully saturated rings. The summed E-state index contributed by atoms with van der Waals surface area (Å²) in [4.78, 5) is 15.8. The second-order valence-corrected chi connectivity index (χ2v) is 7.91. The van der Waals surface area contributed by atoms with Crippen LogP contribution in [0.4, 0.5) is 0 Å². The molecule has 1 amide bonds. The van der Waals surface area contributed by atoms with Crippen LogP contribution in [-0.2, 0) is 13.1 Å². The summed E-state index contributed by atoms with van der Waals surface area (Å²) in [5.74, 6) is 0.143. The van der Waals surface area contributed by atoms with Crippen molar-refractivity contribution in [1.29, 1.82) is 0 Å². The van der Waals surface area contributed by atoms with Crippen LogP contribution in [0.5, 0.6) is 0 Å². The van der Waals surface area contributed by atoms with Crippen LogP contribution in [0.15, 0.2) is 60.1 Å². The number of rotatable bonds is 9. The average molecular weight is 381 g/mol. The molecule has 0 spiro atoms. The highest BCUT2D eigenvalue weighted by Crippen LogP contribution is 2.18. The van der Waals surface area contributed by atoms with Crippen molar-refractivity contribution in [3.8, 4) is 0 Å². The average Bonchev–Trinajstić information content (AvgIpc) is 3.35. The Balaban J connectivity index is 1.76. The molecule has 0 aliphatic carbocycles. The maximum Gasteiger partial charge on any atom is 0.264 e. The fourth-order valence-corrected chi connectivity index (χ4v) is 3.97. The van der Waals surface area contributed by atoms with Gasteiger partial charge in [-0.3, -0.25) is 4.79 Å². The minimum absolute atomic E-state index is 0.143. The van der Waals surface area contributed by atoms with Gasteiger partial charge >= 0.3 is 0 Å². The summed E-state index contributed by atoms with van der Waals surface area (Å²) in [6.07, 6.45) is 5.47. The first-order chi connectivity index (χ1) is 13.2. The van der Waals surface area contributed by atoms with E-state index in [2.05, 4.69) is 61.0 Å². The van der Waals surface area contributed by atoms with Crippen LogP contribution in [0.3, 0.4) is 0 Å². The summed E-state index contributed by atoms with van der Waals surface area (Å²) in [6, 6.07) is 16.6. The van der Waals surface area contributed by atoms with Crippen LogP contribution < -0.4 is 0 Å². The Morgan fingerprint density at radius 2 is 1.93 bits per heavy atom. The Labute approximate surface area is 166 Å². The third-order valence-electron chi connectivity index (χ3n) is 4.93. The lowest BCUT2D eigenvalue weighted by atomic mass is 10.1. The number of amides is 1. The third kappa shape index (κ3) is 5.10. The van der Waals surface area contributed by atoms with Gasteiger partial charge in [-0.25, -0.2) is 0 Å². The van der Waals surface area contributed by atoms with E-state index in [1.807, 2.05) is 22.4 Å². The van der Waals surface area contributed by atoms with Crippen LogP contribution in [0.25, 0.3) is 0 Å². The molecule has 0 aliphatic rings. The topological polar surface area (TPSA) is 25.2 Å². The molecule has 0 saturated carbocycles. The van der Waals surface area contributed by atoms with E-state index in [4.69, 9.17) is 0 Å². The van der Waals surface area contributed by atoms with Crippen LogP contribution in [0, 0.1) is 6.92 Å². The van der Waals surface area contributed by atoms with Gasteiger partial charge in [-0.1, -0.05) is 50.1 Å². The summed E-state index contributed by atoms with van der Waals surface area (Å²) >= 11 is 1.52. The van der Waals surface area contributed by atoms with Crippen LogP contribution in [0.1, 0.15) is 52.7 Å². The van der Waals surface area contributed by atoms with Crippen molar-refractivity contribution >= 4 is 17.2 Å². The van der Waals surface area contributed by atoms with Crippen molar-refractivity contribution in [2.75, 3.05) is 6.54 Å². The number of thiophene rings is 1. The molecule has 0 atom stereocenters. The predicted molar refractivity (Wildman–Crippen MR) is 113 cm³/mol. The fourth-order valence-electron chi connectivity index (χ4n) is 3.27. The van der Waals surface area contributed by atoms with E-state index < -0.39 is 0 Å². The van der Waals surface area contributed by atoms with E-state index in [0.717, 1.165) is 37.2 Å². The number of carbonyl (C=O) groups is 1. The summed E-state index contributed by atoms with van der Waals surface area (Å²) in [6.45, 7) is 6.64. The molecule has 0 bridgehead atoms. The Hall–Kier alpha value is -2.33. The lowest BCUT2D eigenvalue weighted by Crippen LogP contribution is -2.32. The Morgan fingerprint density at radius 3 is 2.67 bits per heavy atom. The number of aromatic nitrogens is 1. The molecule has 4 heteroatoms. The SMILES string of the molecule is CCCCCN(Cc1cccn1Cc1ccccc1C)C(=O)c1cccs1. The maximum absolute atomic E-state index is 13.0. The molecule has 27 heavy (non-hydrogen) atoms. The van der Waals surface area contributed by atoms with E-state index in [1.54, 1.807) is 0 Å². The van der Waals surface area contributed by atoms with E-state index >= 15 is 0 Å². The molecule has 1 aromatic carbocycles. The standard InChI is InChI=1S/C23H28N2OS/c1-3-4-7-14-25(23(26)22-13-9-16-27-22)18-21-12-8-15-24(21)17-20-11-6-5-10-19(20)2/h5-6,8-13,15-16H,3-4,7,14,17-18H2,1-2H3. The van der Waals surface area contributed by atoms with Crippen LogP contribution >= 0.6 is 11.3 Å². The quantitative estimate of drug-likeness (QED) is 0.435. The Bertz CT molecular complexity index is 851. The smallest absolute Gasteiger partial charge is 0.264 e. The predicted octanol–water partition coefficient (Wildman–Crippen LogP) is 5.74. The molecule has 0 N–H and O–H groups in total. The summed E-state index contributed by atoms with van der Waals surface area (Å²) in [5.41, 5.74) is 3.79. The zero-order valence-electron chi connectivity index (χ0n) is 16.2. The van der Waals surface area contributed by atoms with Crippen LogP contribution in [0.2, 0.25) is 0 Å². The van der Waals surface area contributed by atoms with Gasteiger partial charge in [0.1, 0.15) is 0 Å². The summed E-state index contributed by atoms with van der Waals surface area (Å²) in [5, 5.41) is 1.97. The van der Waals surface area contributed by atoms with E-state index in [-0.39, 0.29) is 5.91 Å². The van der Waals surface area contributed by atoms with E-state index in [9.17, 15) is 4.79 Å². The van der Waals surface area contributed by atoms with E-state index in [0.29, 0.717) is 6.54 Å². The van der Waals surface area contributed by atoms with Gasteiger partial charge in [0.05, 0.1) is 11.4 Å². The van der Waals surface area contributed by atoms with Gasteiger partial charge in [-0.2, -0.15) is 0 Å². The van der Waals surface area contributed by atoms with Crippen molar-refractivity contribution in [2.45, 2.75) is 46.2 Å². The van der Waals surface area contributed by atoms with Gasteiger partial charge < -0.3 is 9.47 Å². The normalized spacial score (nSPS) is 10.9. The number of hydrogen-bond acceptors (Lipinski definition) is 2. The van der Waals surface area contributed by atoms with Gasteiger partial charge in [0.25, 0.3) is 5.91 Å². The molecule has 0 aliphatic heterocycles. The second kappa shape index (κ2) is 9.56. The highest BCUT2D eigenvalue weighted by atomic mass is 32.1. The minimum Gasteiger partial charge on any atom is -0.345 e. The van der Waals surface area contributed by atoms with Crippen molar-refractivity contribution in [2.24, 2.45) is 0 Å². The van der Waals surface area contributed by atoms with Crippen molar-refractivity contribution in [1.82, 2.24) is 9.47 Å². The number of hydrogen-bond donors (Lipinski definition) is 0. The molecule has 2 heterocycles. The lowest BCUT2D eigenvalue weighted by molar-refractivity contribution is 0.0741. The maximum atomic E-state index is 13.0. The van der Waals surface area contributed by atoms with Gasteiger partial charge in [0.15, 0.2) is 0 Å². The zero-order valence-corrected chi connectivity index (χ0v) is 17.0. The number of carbonyl (C=O) groups excluding carboxylic acids is 1. The third-order valence-corrected chi connectivity index (χ3v) is 5.79. The molecule has 2 aromatic heterocycles. The van der Waals surface area contributed by atoms with Crippen molar-refractivity contribution in [3.05, 3.63) is 81.8 Å². The first-order valence-electron chi connectivity index (χ1n) is 9.70. The molecule has 0 saturated heterocycles. The monoisotopic (exact) mass is 380 g/mol. The van der Waals surface area contributed by atoms with Crippen molar-refractivity contribution in [3.63, 3.8) is 0 Å². The number of unbranched alkanes of at least 4 members (excludes halogenated alkanes) is 2. The zero-order chi connectivity index (χ0) is 19.1. The van der Waals surface area contributed by atoms with Gasteiger partial charge in [0, 0.05) is 25.0 Å².